The van der Waals surface area contributed by atoms with Gasteiger partial charge in [0, 0.05) is 29.3 Å². The van der Waals surface area contributed by atoms with E-state index < -0.39 is 16.7 Å². The van der Waals surface area contributed by atoms with Crippen LogP contribution in [0, 0.1) is 10.1 Å². The lowest BCUT2D eigenvalue weighted by molar-refractivity contribution is -0.384. The molecule has 0 saturated heterocycles. The van der Waals surface area contributed by atoms with Gasteiger partial charge in [-0.2, -0.15) is 5.10 Å². The molecule has 0 saturated carbocycles. The summed E-state index contributed by atoms with van der Waals surface area (Å²) in [6, 6.07) is 13.1. The van der Waals surface area contributed by atoms with Crippen molar-refractivity contribution < 1.29 is 19.2 Å². The largest absolute Gasteiger partial charge is 0.496 e. The van der Waals surface area contributed by atoms with Crippen molar-refractivity contribution in [3.63, 3.8) is 0 Å². The SMILES string of the molecule is COc1ccccc1/C=C\C(=O)NCC(=O)NN=C(C)c1cccc([N+](=O)[O-])c1. The van der Waals surface area contributed by atoms with Gasteiger partial charge in [0.25, 0.3) is 11.6 Å². The van der Waals surface area contributed by atoms with Crippen molar-refractivity contribution in [1.82, 2.24) is 10.7 Å². The second kappa shape index (κ2) is 10.4. The van der Waals surface area contributed by atoms with Crippen LogP contribution in [-0.4, -0.2) is 36.1 Å². The molecule has 0 aliphatic heterocycles. The Bertz CT molecular complexity index is 969. The number of para-hydroxylation sites is 1. The van der Waals surface area contributed by atoms with Gasteiger partial charge in [-0.25, -0.2) is 5.43 Å². The third kappa shape index (κ3) is 6.58. The first-order valence-electron chi connectivity index (χ1n) is 8.57. The van der Waals surface area contributed by atoms with E-state index in [1.165, 1.54) is 31.4 Å². The quantitative estimate of drug-likeness (QED) is 0.307. The van der Waals surface area contributed by atoms with Gasteiger partial charge in [-0.1, -0.05) is 30.3 Å². The highest BCUT2D eigenvalue weighted by Crippen LogP contribution is 2.18. The molecular weight excluding hydrogens is 376 g/mol. The number of carbonyl (C=O) groups is 2. The Kier molecular flexibility index (Phi) is 7.60. The zero-order valence-electron chi connectivity index (χ0n) is 15.9. The van der Waals surface area contributed by atoms with Crippen molar-refractivity contribution in [1.29, 1.82) is 0 Å². The van der Waals surface area contributed by atoms with Gasteiger partial charge in [0.05, 0.1) is 24.3 Å². The number of hydrazone groups is 1. The van der Waals surface area contributed by atoms with Gasteiger partial charge in [0.15, 0.2) is 0 Å². The summed E-state index contributed by atoms with van der Waals surface area (Å²) in [5.41, 5.74) is 3.85. The molecule has 0 unspecified atom stereocenters. The van der Waals surface area contributed by atoms with Crippen LogP contribution < -0.4 is 15.5 Å². The molecule has 0 radical (unpaired) electrons. The number of benzene rings is 2. The maximum absolute atomic E-state index is 11.9. The molecule has 0 bridgehead atoms. The number of nitrogens with one attached hydrogen (secondary N) is 2. The molecule has 0 aliphatic carbocycles. The van der Waals surface area contributed by atoms with E-state index in [1.807, 2.05) is 12.1 Å². The van der Waals surface area contributed by atoms with Crippen LogP contribution in [0.25, 0.3) is 6.08 Å². The summed E-state index contributed by atoms with van der Waals surface area (Å²) in [6.07, 6.45) is 2.87. The van der Waals surface area contributed by atoms with E-state index in [0.717, 1.165) is 5.56 Å². The summed E-state index contributed by atoms with van der Waals surface area (Å²) in [5, 5.41) is 17.2. The van der Waals surface area contributed by atoms with Gasteiger partial charge in [-0.15, -0.1) is 0 Å². The Balaban J connectivity index is 1.87. The Hall–Kier alpha value is -4.01. The molecule has 0 spiro atoms. The van der Waals surface area contributed by atoms with E-state index in [4.69, 9.17) is 4.74 Å². The number of hydrogen-bond donors (Lipinski definition) is 2. The third-order valence-electron chi connectivity index (χ3n) is 3.80. The average Bonchev–Trinajstić information content (AvgIpc) is 2.74. The number of nitro benzene ring substituents is 1. The predicted octanol–water partition coefficient (Wildman–Crippen LogP) is 2.27. The Morgan fingerprint density at radius 2 is 1.97 bits per heavy atom. The summed E-state index contributed by atoms with van der Waals surface area (Å²) in [7, 11) is 1.53. The maximum atomic E-state index is 11.9. The minimum absolute atomic E-state index is 0.0718. The molecular formula is C20H20N4O5. The monoisotopic (exact) mass is 396 g/mol. The Morgan fingerprint density at radius 1 is 1.21 bits per heavy atom. The van der Waals surface area contributed by atoms with Gasteiger partial charge < -0.3 is 10.1 Å². The number of rotatable bonds is 8. The first kappa shape index (κ1) is 21.3. The second-order valence-electron chi connectivity index (χ2n) is 5.83. The summed E-state index contributed by atoms with van der Waals surface area (Å²) in [5.74, 6) is -0.362. The lowest BCUT2D eigenvalue weighted by Crippen LogP contribution is -2.34. The standard InChI is InChI=1S/C20H20N4O5/c1-14(16-7-5-8-17(12-16)24(27)28)22-23-20(26)13-21-19(25)11-10-15-6-3-4-9-18(15)29-2/h3-12H,13H2,1-2H3,(H,21,25)(H,23,26)/b11-10-,22-14?. The Labute approximate surface area is 167 Å². The molecule has 2 rings (SSSR count). The highest BCUT2D eigenvalue weighted by molar-refractivity contribution is 6.00. The normalized spacial score (nSPS) is 11.2. The van der Waals surface area contributed by atoms with E-state index in [9.17, 15) is 19.7 Å². The fourth-order valence-corrected chi connectivity index (χ4v) is 2.29. The maximum Gasteiger partial charge on any atom is 0.270 e. The molecule has 0 heterocycles. The van der Waals surface area contributed by atoms with Crippen LogP contribution in [0.4, 0.5) is 5.69 Å². The van der Waals surface area contributed by atoms with Crippen molar-refractivity contribution in [2.75, 3.05) is 13.7 Å². The molecule has 0 fully saturated rings. The van der Waals surface area contributed by atoms with Crippen molar-refractivity contribution in [3.8, 4) is 5.75 Å². The fourth-order valence-electron chi connectivity index (χ4n) is 2.29. The number of ether oxygens (including phenoxy) is 1. The van der Waals surface area contributed by atoms with Crippen molar-refractivity contribution >= 4 is 29.3 Å². The highest BCUT2D eigenvalue weighted by atomic mass is 16.6. The predicted molar refractivity (Wildman–Crippen MR) is 108 cm³/mol. The van der Waals surface area contributed by atoms with E-state index in [-0.39, 0.29) is 12.2 Å². The molecule has 9 heteroatoms. The molecule has 2 N–H and O–H groups in total. The topological polar surface area (TPSA) is 123 Å². The van der Waals surface area contributed by atoms with Gasteiger partial charge in [0.1, 0.15) is 5.75 Å². The first-order chi connectivity index (χ1) is 13.9. The zero-order valence-corrected chi connectivity index (χ0v) is 15.9. The summed E-state index contributed by atoms with van der Waals surface area (Å²) in [4.78, 5) is 34.0. The van der Waals surface area contributed by atoms with Crippen LogP contribution in [0.2, 0.25) is 0 Å². The number of methoxy groups -OCH3 is 1. The van der Waals surface area contributed by atoms with E-state index >= 15 is 0 Å². The van der Waals surface area contributed by atoms with Gasteiger partial charge >= 0.3 is 0 Å². The van der Waals surface area contributed by atoms with Crippen LogP contribution in [0.1, 0.15) is 18.1 Å². The molecule has 0 aromatic heterocycles. The lowest BCUT2D eigenvalue weighted by atomic mass is 10.1. The van der Waals surface area contributed by atoms with E-state index in [1.54, 1.807) is 31.2 Å². The molecule has 2 aromatic rings. The first-order valence-corrected chi connectivity index (χ1v) is 8.57. The van der Waals surface area contributed by atoms with Crippen LogP contribution in [0.15, 0.2) is 59.7 Å². The van der Waals surface area contributed by atoms with Gasteiger partial charge in [-0.05, 0) is 19.1 Å². The van der Waals surface area contributed by atoms with Crippen LogP contribution in [-0.2, 0) is 9.59 Å². The minimum atomic E-state index is -0.533. The molecule has 150 valence electrons. The van der Waals surface area contributed by atoms with Gasteiger partial charge in [-0.3, -0.25) is 19.7 Å². The van der Waals surface area contributed by atoms with Gasteiger partial charge in [0.2, 0.25) is 5.91 Å². The number of hydrogen-bond acceptors (Lipinski definition) is 6. The zero-order chi connectivity index (χ0) is 21.2. The number of nitro groups is 1. The Morgan fingerprint density at radius 3 is 2.69 bits per heavy atom. The van der Waals surface area contributed by atoms with Crippen LogP contribution in [0.3, 0.4) is 0 Å². The molecule has 0 atom stereocenters. The molecule has 2 amide bonds. The number of carbonyl (C=O) groups excluding carboxylic acids is 2. The molecule has 9 nitrogen and oxygen atoms in total. The van der Waals surface area contributed by atoms with E-state index in [0.29, 0.717) is 17.0 Å². The average molecular weight is 396 g/mol. The smallest absolute Gasteiger partial charge is 0.270 e. The minimum Gasteiger partial charge on any atom is -0.496 e. The van der Waals surface area contributed by atoms with Crippen LogP contribution in [0.5, 0.6) is 5.75 Å². The van der Waals surface area contributed by atoms with E-state index in [2.05, 4.69) is 15.8 Å². The second-order valence-corrected chi connectivity index (χ2v) is 5.83. The summed E-state index contributed by atoms with van der Waals surface area (Å²) < 4.78 is 5.19. The molecule has 0 aliphatic rings. The van der Waals surface area contributed by atoms with Crippen molar-refractivity contribution in [3.05, 3.63) is 75.8 Å². The third-order valence-corrected chi connectivity index (χ3v) is 3.80. The number of non-ortho nitro benzene ring substituents is 1. The number of nitrogens with zero attached hydrogens (tertiary/aromatic N) is 2. The molecule has 2 aromatic carbocycles. The fraction of sp³-hybridized carbons (Fsp3) is 0.150. The highest BCUT2D eigenvalue weighted by Gasteiger charge is 2.08. The lowest BCUT2D eigenvalue weighted by Gasteiger charge is -2.05. The van der Waals surface area contributed by atoms with Crippen molar-refractivity contribution in [2.45, 2.75) is 6.92 Å². The number of amides is 2. The van der Waals surface area contributed by atoms with Crippen molar-refractivity contribution in [2.24, 2.45) is 5.10 Å². The summed E-state index contributed by atoms with van der Waals surface area (Å²) in [6.45, 7) is 1.33. The summed E-state index contributed by atoms with van der Waals surface area (Å²) >= 11 is 0. The molecule has 29 heavy (non-hydrogen) atoms. The van der Waals surface area contributed by atoms with Crippen LogP contribution >= 0.6 is 0 Å².